The van der Waals surface area contributed by atoms with Crippen molar-refractivity contribution in [3.63, 3.8) is 0 Å². The summed E-state index contributed by atoms with van der Waals surface area (Å²) in [6, 6.07) is 3.63. The van der Waals surface area contributed by atoms with Gasteiger partial charge in [0.2, 0.25) is 5.91 Å². The minimum absolute atomic E-state index is 0.00867. The normalized spacial score (nSPS) is 12.4. The average Bonchev–Trinajstić information content (AvgIpc) is 3.47. The minimum Gasteiger partial charge on any atom is -0.464 e. The van der Waals surface area contributed by atoms with Crippen molar-refractivity contribution in [3.05, 3.63) is 51.4 Å². The molecular formula is C20H16BrF2N5O3S. The van der Waals surface area contributed by atoms with Crippen LogP contribution in [0, 0.1) is 6.92 Å². The number of halogens is 3. The fourth-order valence-electron chi connectivity index (χ4n) is 3.28. The van der Waals surface area contributed by atoms with E-state index in [1.807, 2.05) is 0 Å². The summed E-state index contributed by atoms with van der Waals surface area (Å²) < 4.78 is 34.6. The Morgan fingerprint density at radius 1 is 1.38 bits per heavy atom. The largest absolute Gasteiger partial charge is 0.464 e. The fraction of sp³-hybridized carbons (Fsp3) is 0.200. The Bertz CT molecular complexity index is 1330. The molecule has 0 fully saturated rings. The van der Waals surface area contributed by atoms with Crippen LogP contribution in [0.15, 0.2) is 39.5 Å². The van der Waals surface area contributed by atoms with Crippen molar-refractivity contribution in [2.24, 2.45) is 5.73 Å². The van der Waals surface area contributed by atoms with Gasteiger partial charge in [-0.1, -0.05) is 0 Å². The van der Waals surface area contributed by atoms with E-state index < -0.39 is 30.0 Å². The number of thiophene rings is 1. The summed E-state index contributed by atoms with van der Waals surface area (Å²) >= 11 is 4.18. The molecule has 166 valence electrons. The number of primary amides is 1. The summed E-state index contributed by atoms with van der Waals surface area (Å²) in [5.74, 6) is -1.02. The predicted octanol–water partition coefficient (Wildman–Crippen LogP) is 5.06. The molecule has 4 rings (SSSR count). The lowest BCUT2D eigenvalue weighted by molar-refractivity contribution is -0.119. The number of furan rings is 1. The van der Waals surface area contributed by atoms with E-state index in [0.29, 0.717) is 5.39 Å². The van der Waals surface area contributed by atoms with E-state index >= 15 is 0 Å². The number of rotatable bonds is 6. The maximum Gasteiger partial charge on any atom is 0.280 e. The van der Waals surface area contributed by atoms with Gasteiger partial charge in [0.1, 0.15) is 27.2 Å². The fourth-order valence-corrected chi connectivity index (χ4v) is 4.57. The Morgan fingerprint density at radius 2 is 2.12 bits per heavy atom. The molecule has 0 radical (unpaired) electrons. The van der Waals surface area contributed by atoms with Crippen molar-refractivity contribution in [2.75, 3.05) is 5.32 Å². The molecule has 0 spiro atoms. The predicted molar refractivity (Wildman–Crippen MR) is 119 cm³/mol. The third-order valence-corrected chi connectivity index (χ3v) is 6.77. The van der Waals surface area contributed by atoms with Gasteiger partial charge in [-0.2, -0.15) is 5.10 Å². The van der Waals surface area contributed by atoms with Gasteiger partial charge in [-0.3, -0.25) is 14.3 Å². The highest BCUT2D eigenvalue weighted by Gasteiger charge is 2.27. The summed E-state index contributed by atoms with van der Waals surface area (Å²) in [4.78, 5) is 29.3. The summed E-state index contributed by atoms with van der Waals surface area (Å²) in [6.45, 7) is 3.43. The van der Waals surface area contributed by atoms with Gasteiger partial charge >= 0.3 is 0 Å². The number of aromatic nitrogens is 3. The first-order valence-corrected chi connectivity index (χ1v) is 10.9. The number of nitrogens with zero attached hydrogens (tertiary/aromatic N) is 3. The molecule has 8 nitrogen and oxygen atoms in total. The number of amides is 2. The van der Waals surface area contributed by atoms with E-state index in [1.165, 1.54) is 17.0 Å². The first-order chi connectivity index (χ1) is 15.2. The number of hydrogen-bond acceptors (Lipinski definition) is 6. The number of hydrogen-bond donors (Lipinski definition) is 2. The van der Waals surface area contributed by atoms with Crippen molar-refractivity contribution in [1.29, 1.82) is 0 Å². The molecule has 0 aliphatic carbocycles. The zero-order valence-electron chi connectivity index (χ0n) is 16.7. The van der Waals surface area contributed by atoms with Crippen LogP contribution in [-0.4, -0.2) is 26.6 Å². The van der Waals surface area contributed by atoms with Gasteiger partial charge in [-0.05, 0) is 48.0 Å². The zero-order chi connectivity index (χ0) is 23.2. The minimum atomic E-state index is -2.84. The van der Waals surface area contributed by atoms with Crippen LogP contribution in [0.3, 0.4) is 0 Å². The molecule has 32 heavy (non-hydrogen) atoms. The molecule has 0 bridgehead atoms. The van der Waals surface area contributed by atoms with Crippen molar-refractivity contribution in [3.8, 4) is 11.3 Å². The lowest BCUT2D eigenvalue weighted by atomic mass is 10.1. The third-order valence-electron chi connectivity index (χ3n) is 4.90. The highest BCUT2D eigenvalue weighted by Crippen LogP contribution is 2.42. The first kappa shape index (κ1) is 22.1. The lowest BCUT2D eigenvalue weighted by Crippen LogP contribution is -2.26. The van der Waals surface area contributed by atoms with Gasteiger partial charge < -0.3 is 15.5 Å². The number of carbonyl (C=O) groups is 2. The van der Waals surface area contributed by atoms with Crippen LogP contribution < -0.4 is 11.1 Å². The van der Waals surface area contributed by atoms with Gasteiger partial charge in [0.05, 0.1) is 28.3 Å². The maximum absolute atomic E-state index is 13.5. The molecule has 1 atom stereocenters. The lowest BCUT2D eigenvalue weighted by Gasteiger charge is -2.15. The van der Waals surface area contributed by atoms with Crippen LogP contribution in [0.4, 0.5) is 14.5 Å². The Morgan fingerprint density at radius 3 is 2.69 bits per heavy atom. The topological polar surface area (TPSA) is 116 Å². The molecule has 0 aliphatic heterocycles. The standard InChI is InChI=1S/C20H16BrF2N5O3S/c1-8-11(21)7-25-28(8)9(2)19(30)27-15-14-10(13-4-3-5-31-13)6-12(17(22)23)26-20(14)32-16(15)18(24)29/h3-7,9,17H,1-2H3,(H2,24,29)(H,27,30). The number of carbonyl (C=O) groups excluding carboxylic acids is 2. The quantitative estimate of drug-likeness (QED) is 0.366. The molecule has 1 unspecified atom stereocenters. The maximum atomic E-state index is 13.5. The summed E-state index contributed by atoms with van der Waals surface area (Å²) in [7, 11) is 0. The van der Waals surface area contributed by atoms with E-state index in [4.69, 9.17) is 10.2 Å². The molecule has 3 N–H and O–H groups in total. The van der Waals surface area contributed by atoms with E-state index in [9.17, 15) is 18.4 Å². The molecular weight excluding hydrogens is 508 g/mol. The van der Waals surface area contributed by atoms with Crippen molar-refractivity contribution < 1.29 is 22.8 Å². The van der Waals surface area contributed by atoms with Crippen molar-refractivity contribution >= 4 is 55.0 Å². The summed E-state index contributed by atoms with van der Waals surface area (Å²) in [5, 5.41) is 7.20. The second-order valence-corrected chi connectivity index (χ2v) is 8.76. The van der Waals surface area contributed by atoms with Crippen LogP contribution in [-0.2, 0) is 4.79 Å². The molecule has 0 saturated carbocycles. The molecule has 2 amide bonds. The molecule has 12 heteroatoms. The molecule has 0 aliphatic rings. The number of anilines is 1. The van der Waals surface area contributed by atoms with E-state index in [1.54, 1.807) is 32.2 Å². The van der Waals surface area contributed by atoms with Crippen molar-refractivity contribution in [2.45, 2.75) is 26.3 Å². The summed E-state index contributed by atoms with van der Waals surface area (Å²) in [6.07, 6.45) is 0.120. The third kappa shape index (κ3) is 3.79. The monoisotopic (exact) mass is 523 g/mol. The van der Waals surface area contributed by atoms with Crippen LogP contribution in [0.25, 0.3) is 21.5 Å². The molecule has 4 aromatic heterocycles. The average molecular weight is 524 g/mol. The zero-order valence-corrected chi connectivity index (χ0v) is 19.1. The van der Waals surface area contributed by atoms with Crippen LogP contribution in [0.1, 0.15) is 40.5 Å². The van der Waals surface area contributed by atoms with Gasteiger partial charge in [-0.15, -0.1) is 11.3 Å². The Labute approximate surface area is 192 Å². The van der Waals surface area contributed by atoms with Gasteiger partial charge in [0.25, 0.3) is 12.3 Å². The molecule has 4 heterocycles. The molecule has 0 aromatic carbocycles. The number of nitrogens with one attached hydrogen (secondary N) is 1. The second kappa shape index (κ2) is 8.43. The smallest absolute Gasteiger partial charge is 0.280 e. The van der Waals surface area contributed by atoms with E-state index in [2.05, 4.69) is 31.3 Å². The molecule has 0 saturated heterocycles. The number of nitrogens with two attached hydrogens (primary N) is 1. The van der Waals surface area contributed by atoms with Gasteiger partial charge in [0, 0.05) is 10.9 Å². The SMILES string of the molecule is Cc1c(Br)cnn1C(C)C(=O)Nc1c(C(N)=O)sc2nc(C(F)F)cc(-c3ccco3)c12. The first-order valence-electron chi connectivity index (χ1n) is 9.28. The number of fused-ring (bicyclic) bond motifs is 1. The van der Waals surface area contributed by atoms with Crippen LogP contribution >= 0.6 is 27.3 Å². The molecule has 4 aromatic rings. The van der Waals surface area contributed by atoms with E-state index in [0.717, 1.165) is 21.5 Å². The van der Waals surface area contributed by atoms with Gasteiger partial charge in [-0.25, -0.2) is 13.8 Å². The Kier molecular flexibility index (Phi) is 5.82. The summed E-state index contributed by atoms with van der Waals surface area (Å²) in [5.41, 5.74) is 6.14. The van der Waals surface area contributed by atoms with Crippen LogP contribution in [0.5, 0.6) is 0 Å². The highest BCUT2D eigenvalue weighted by molar-refractivity contribution is 9.10. The van der Waals surface area contributed by atoms with E-state index in [-0.39, 0.29) is 26.7 Å². The highest BCUT2D eigenvalue weighted by atomic mass is 79.9. The number of alkyl halides is 2. The van der Waals surface area contributed by atoms with Crippen LogP contribution in [0.2, 0.25) is 0 Å². The van der Waals surface area contributed by atoms with Crippen molar-refractivity contribution in [1.82, 2.24) is 14.8 Å². The number of pyridine rings is 1. The second-order valence-electron chi connectivity index (χ2n) is 6.91. The van der Waals surface area contributed by atoms with Gasteiger partial charge in [0.15, 0.2) is 0 Å². The Balaban J connectivity index is 1.88. The Hall–Kier alpha value is -3.12.